The Labute approximate surface area is 211 Å². The molecule has 3 heterocycles. The number of pyridine rings is 3. The summed E-state index contributed by atoms with van der Waals surface area (Å²) in [4.78, 5) is 19.0. The molecule has 0 bridgehead atoms. The highest BCUT2D eigenvalue weighted by atomic mass is 16.5. The minimum absolute atomic E-state index is 0.702. The van der Waals surface area contributed by atoms with Crippen LogP contribution in [-0.4, -0.2) is 58.1 Å². The molecule has 188 valence electrons. The maximum Gasteiger partial charge on any atom is 0.0589 e. The summed E-state index contributed by atoms with van der Waals surface area (Å²) in [5.41, 5.74) is 7.08. The van der Waals surface area contributed by atoms with Gasteiger partial charge in [0.1, 0.15) is 0 Å². The van der Waals surface area contributed by atoms with Crippen molar-refractivity contribution in [3.05, 3.63) is 88.8 Å². The zero-order valence-electron chi connectivity index (χ0n) is 21.9. The molecule has 0 fully saturated rings. The molecular weight excluding hydrogens is 434 g/mol. The molecule has 3 aromatic heterocycles. The molecule has 0 saturated heterocycles. The number of aromatic nitrogens is 3. The van der Waals surface area contributed by atoms with Crippen molar-refractivity contribution in [2.24, 2.45) is 0 Å². The Morgan fingerprint density at radius 2 is 0.971 bits per heavy atom. The molecule has 0 N–H and O–H groups in total. The molecule has 0 atom stereocenters. The van der Waals surface area contributed by atoms with E-state index in [1.165, 1.54) is 16.7 Å². The van der Waals surface area contributed by atoms with Crippen LogP contribution in [0.1, 0.15) is 54.5 Å². The normalized spacial score (nSPS) is 11.5. The highest BCUT2D eigenvalue weighted by Crippen LogP contribution is 2.11. The molecule has 35 heavy (non-hydrogen) atoms. The zero-order valence-corrected chi connectivity index (χ0v) is 21.9. The third-order valence-corrected chi connectivity index (χ3v) is 6.38. The smallest absolute Gasteiger partial charge is 0.0589 e. The lowest BCUT2D eigenvalue weighted by Gasteiger charge is -2.27. The van der Waals surface area contributed by atoms with Gasteiger partial charge in [-0.15, -0.1) is 0 Å². The molecule has 0 amide bonds. The molecule has 6 nitrogen and oxygen atoms in total. The van der Waals surface area contributed by atoms with Gasteiger partial charge in [-0.25, -0.2) is 0 Å². The topological polar surface area (TPSA) is 54.4 Å². The van der Waals surface area contributed by atoms with E-state index >= 15 is 0 Å². The van der Waals surface area contributed by atoms with Gasteiger partial charge in [-0.05, 0) is 54.2 Å². The van der Waals surface area contributed by atoms with Gasteiger partial charge >= 0.3 is 0 Å². The van der Waals surface area contributed by atoms with Crippen molar-refractivity contribution in [2.45, 2.75) is 59.7 Å². The first-order chi connectivity index (χ1) is 17.1. The van der Waals surface area contributed by atoms with E-state index in [-0.39, 0.29) is 0 Å². The number of hydrogen-bond acceptors (Lipinski definition) is 6. The monoisotopic (exact) mass is 475 g/mol. The third-order valence-electron chi connectivity index (χ3n) is 6.38. The summed E-state index contributed by atoms with van der Waals surface area (Å²) in [5, 5.41) is 0. The van der Waals surface area contributed by atoms with Crippen molar-refractivity contribution < 1.29 is 4.74 Å². The molecule has 6 heteroatoms. The number of rotatable bonds is 15. The highest BCUT2D eigenvalue weighted by Gasteiger charge is 2.13. The van der Waals surface area contributed by atoms with Gasteiger partial charge in [0, 0.05) is 65.0 Å². The lowest BCUT2D eigenvalue weighted by atomic mass is 10.2. The largest absolute Gasteiger partial charge is 0.383 e. The van der Waals surface area contributed by atoms with Crippen LogP contribution in [0.4, 0.5) is 0 Å². The fraction of sp³-hybridized carbons (Fsp3) is 0.483. The first-order valence-electron chi connectivity index (χ1n) is 12.9. The van der Waals surface area contributed by atoms with E-state index in [2.05, 4.69) is 72.0 Å². The van der Waals surface area contributed by atoms with Crippen LogP contribution in [0.25, 0.3) is 0 Å². The predicted molar refractivity (Wildman–Crippen MR) is 142 cm³/mol. The fourth-order valence-electron chi connectivity index (χ4n) is 3.95. The second-order valence-corrected chi connectivity index (χ2v) is 9.01. The first-order valence-corrected chi connectivity index (χ1v) is 12.9. The fourth-order valence-corrected chi connectivity index (χ4v) is 3.95. The van der Waals surface area contributed by atoms with Gasteiger partial charge in [0.15, 0.2) is 0 Å². The van der Waals surface area contributed by atoms with Gasteiger partial charge in [0.25, 0.3) is 0 Å². The quantitative estimate of drug-likeness (QED) is 0.317. The number of ether oxygens (including phenoxy) is 1. The Bertz CT molecular complexity index is 924. The first kappa shape index (κ1) is 26.9. The van der Waals surface area contributed by atoms with Crippen LogP contribution in [0.5, 0.6) is 0 Å². The summed E-state index contributed by atoms with van der Waals surface area (Å²) in [6.45, 7) is 12.3. The van der Waals surface area contributed by atoms with Gasteiger partial charge in [-0.2, -0.15) is 0 Å². The average molecular weight is 476 g/mol. The van der Waals surface area contributed by atoms with Gasteiger partial charge in [0.2, 0.25) is 0 Å². The standard InChI is InChI=1S/C29H41N5O/c1-5-24-8-11-27(30-18-24)21-33(16-17-35-4)14-15-34(22-28-12-9-25(6-2)19-31-28)23-29-13-10-26(7-3)20-32-29/h8-13,18-20H,5-7,14-17,21-23H2,1-4H3. The predicted octanol–water partition coefficient (Wildman–Crippen LogP) is 4.71. The van der Waals surface area contributed by atoms with Crippen LogP contribution < -0.4 is 0 Å². The maximum absolute atomic E-state index is 5.39. The third kappa shape index (κ3) is 9.13. The van der Waals surface area contributed by atoms with E-state index in [0.29, 0.717) is 6.61 Å². The van der Waals surface area contributed by atoms with E-state index in [1.807, 2.05) is 18.6 Å². The minimum atomic E-state index is 0.702. The van der Waals surface area contributed by atoms with Crippen LogP contribution in [-0.2, 0) is 43.6 Å². The molecule has 3 aromatic rings. The summed E-state index contributed by atoms with van der Waals surface area (Å²) in [6.07, 6.45) is 9.01. The van der Waals surface area contributed by atoms with Crippen LogP contribution in [0.15, 0.2) is 55.0 Å². The molecule has 0 aliphatic rings. The van der Waals surface area contributed by atoms with Gasteiger partial charge in [-0.1, -0.05) is 39.0 Å². The summed E-state index contributed by atoms with van der Waals surface area (Å²) < 4.78 is 5.39. The number of hydrogen-bond donors (Lipinski definition) is 0. The molecular formula is C29H41N5O. The van der Waals surface area contributed by atoms with Crippen molar-refractivity contribution in [2.75, 3.05) is 33.4 Å². The molecule has 0 aliphatic carbocycles. The molecule has 0 unspecified atom stereocenters. The van der Waals surface area contributed by atoms with Gasteiger partial charge in [0.05, 0.1) is 23.7 Å². The van der Waals surface area contributed by atoms with E-state index in [9.17, 15) is 0 Å². The molecule has 0 aromatic carbocycles. The Morgan fingerprint density at radius 3 is 1.31 bits per heavy atom. The second kappa shape index (κ2) is 14.7. The SMILES string of the molecule is CCc1ccc(CN(CCOC)CCN(Cc2ccc(CC)cn2)Cc2ccc(CC)cn2)nc1. The molecule has 0 spiro atoms. The van der Waals surface area contributed by atoms with Crippen LogP contribution in [0.2, 0.25) is 0 Å². The Kier molecular flexibility index (Phi) is 11.3. The van der Waals surface area contributed by atoms with E-state index in [4.69, 9.17) is 14.7 Å². The minimum Gasteiger partial charge on any atom is -0.383 e. The van der Waals surface area contributed by atoms with Crippen LogP contribution in [0.3, 0.4) is 0 Å². The van der Waals surface area contributed by atoms with Crippen molar-refractivity contribution in [1.82, 2.24) is 24.8 Å². The number of nitrogens with zero attached hydrogens (tertiary/aromatic N) is 5. The number of aryl methyl sites for hydroxylation is 3. The van der Waals surface area contributed by atoms with E-state index in [0.717, 1.165) is 75.6 Å². The summed E-state index contributed by atoms with van der Waals surface area (Å²) in [6, 6.07) is 13.0. The summed E-state index contributed by atoms with van der Waals surface area (Å²) >= 11 is 0. The van der Waals surface area contributed by atoms with E-state index < -0.39 is 0 Å². The Hall–Kier alpha value is -2.67. The maximum atomic E-state index is 5.39. The lowest BCUT2D eigenvalue weighted by molar-refractivity contribution is 0.127. The highest BCUT2D eigenvalue weighted by molar-refractivity contribution is 5.16. The van der Waals surface area contributed by atoms with Gasteiger partial charge in [-0.3, -0.25) is 24.8 Å². The van der Waals surface area contributed by atoms with Crippen molar-refractivity contribution in [1.29, 1.82) is 0 Å². The average Bonchev–Trinajstić information content (AvgIpc) is 2.91. The van der Waals surface area contributed by atoms with Crippen LogP contribution in [0, 0.1) is 0 Å². The molecule has 0 radical (unpaired) electrons. The Morgan fingerprint density at radius 1 is 0.571 bits per heavy atom. The molecule has 0 aliphatic heterocycles. The lowest BCUT2D eigenvalue weighted by Crippen LogP contribution is -2.36. The van der Waals surface area contributed by atoms with Crippen molar-refractivity contribution in [3.8, 4) is 0 Å². The summed E-state index contributed by atoms with van der Waals surface area (Å²) in [7, 11) is 1.76. The molecule has 0 saturated carbocycles. The van der Waals surface area contributed by atoms with E-state index in [1.54, 1.807) is 7.11 Å². The second-order valence-electron chi connectivity index (χ2n) is 9.01. The van der Waals surface area contributed by atoms with Crippen LogP contribution >= 0.6 is 0 Å². The Balaban J connectivity index is 1.69. The molecule has 3 rings (SSSR count). The number of methoxy groups -OCH3 is 1. The van der Waals surface area contributed by atoms with Gasteiger partial charge < -0.3 is 4.74 Å². The van der Waals surface area contributed by atoms with Crippen molar-refractivity contribution >= 4 is 0 Å². The van der Waals surface area contributed by atoms with Crippen molar-refractivity contribution in [3.63, 3.8) is 0 Å². The summed E-state index contributed by atoms with van der Waals surface area (Å²) in [5.74, 6) is 0. The zero-order chi connectivity index (χ0) is 24.9.